The van der Waals surface area contributed by atoms with E-state index in [0.29, 0.717) is 24.5 Å². The molecule has 0 aliphatic heterocycles. The topological polar surface area (TPSA) is 49.4 Å². The van der Waals surface area contributed by atoms with Crippen molar-refractivity contribution in [2.75, 3.05) is 12.3 Å². The highest BCUT2D eigenvalue weighted by Gasteiger charge is 2.28. The molecule has 29 heavy (non-hydrogen) atoms. The summed E-state index contributed by atoms with van der Waals surface area (Å²) in [5.74, 6) is 0.0783. The first-order valence-corrected chi connectivity index (χ1v) is 11.3. The number of nitrogens with zero attached hydrogens (tertiary/aromatic N) is 1. The number of hydrogen-bond donors (Lipinski definition) is 1. The van der Waals surface area contributed by atoms with Gasteiger partial charge in [0.15, 0.2) is 0 Å². The van der Waals surface area contributed by atoms with Gasteiger partial charge in [-0.2, -0.15) is 0 Å². The summed E-state index contributed by atoms with van der Waals surface area (Å²) in [5, 5.41) is 3.52. The zero-order valence-corrected chi connectivity index (χ0v) is 18.9. The second kappa shape index (κ2) is 11.9. The van der Waals surface area contributed by atoms with Crippen LogP contribution in [0.5, 0.6) is 0 Å². The Morgan fingerprint density at radius 1 is 1.10 bits per heavy atom. The van der Waals surface area contributed by atoms with Crippen LogP contribution in [0.2, 0.25) is 5.02 Å². The molecule has 2 amide bonds. The number of halogens is 1. The Hall–Kier alpha value is -1.98. The van der Waals surface area contributed by atoms with E-state index in [9.17, 15) is 9.59 Å². The van der Waals surface area contributed by atoms with Gasteiger partial charge < -0.3 is 10.2 Å². The first kappa shape index (κ1) is 23.3. The minimum absolute atomic E-state index is 0.0750. The maximum absolute atomic E-state index is 13.2. The Kier molecular flexibility index (Phi) is 9.55. The highest BCUT2D eigenvalue weighted by molar-refractivity contribution is 8.00. The molecule has 2 aromatic rings. The lowest BCUT2D eigenvalue weighted by molar-refractivity contribution is -0.139. The first-order valence-electron chi connectivity index (χ1n) is 9.96. The molecule has 0 aliphatic rings. The molecule has 0 saturated carbocycles. The Balaban J connectivity index is 2.19. The van der Waals surface area contributed by atoms with Gasteiger partial charge in [0, 0.05) is 23.0 Å². The molecule has 6 heteroatoms. The van der Waals surface area contributed by atoms with Crippen LogP contribution in [0.4, 0.5) is 0 Å². The lowest BCUT2D eigenvalue weighted by atomic mass is 10.1. The fourth-order valence-corrected chi connectivity index (χ4v) is 3.94. The summed E-state index contributed by atoms with van der Waals surface area (Å²) in [5.41, 5.74) is 2.02. The van der Waals surface area contributed by atoms with Crippen LogP contribution in [-0.2, 0) is 16.1 Å². The molecule has 0 aromatic heterocycles. The molecule has 4 nitrogen and oxygen atoms in total. The summed E-state index contributed by atoms with van der Waals surface area (Å²) in [7, 11) is 0. The zero-order valence-electron chi connectivity index (χ0n) is 17.3. The minimum Gasteiger partial charge on any atom is -0.354 e. The average Bonchev–Trinajstić information content (AvgIpc) is 2.72. The van der Waals surface area contributed by atoms with E-state index in [0.717, 1.165) is 16.9 Å². The molecule has 1 atom stereocenters. The number of benzene rings is 2. The number of amides is 2. The standard InChI is InChI=1S/C23H29ClN2O2S/c1-4-14-25-23(28)21(5-2)26(15-18-8-6-7-9-20(18)24)22(27)16-29-19-12-10-17(3)11-13-19/h6-13,21H,4-5,14-16H2,1-3H3,(H,25,28)/t21-/m1/s1. The van der Waals surface area contributed by atoms with Crippen molar-refractivity contribution >= 4 is 35.2 Å². The number of nitrogens with one attached hydrogen (secondary N) is 1. The number of thioether (sulfide) groups is 1. The summed E-state index contributed by atoms with van der Waals surface area (Å²) in [6.07, 6.45) is 1.39. The molecule has 0 heterocycles. The third-order valence-corrected chi connectivity index (χ3v) is 5.98. The predicted octanol–water partition coefficient (Wildman–Crippen LogP) is 5.07. The molecule has 0 spiro atoms. The van der Waals surface area contributed by atoms with Crippen molar-refractivity contribution in [2.45, 2.75) is 51.1 Å². The van der Waals surface area contributed by atoms with Gasteiger partial charge in [0.05, 0.1) is 5.75 Å². The van der Waals surface area contributed by atoms with Crippen molar-refractivity contribution in [1.82, 2.24) is 10.2 Å². The SMILES string of the molecule is CCCNC(=O)[C@@H](CC)N(Cc1ccccc1Cl)C(=O)CSc1ccc(C)cc1. The van der Waals surface area contributed by atoms with Gasteiger partial charge in [0.25, 0.3) is 0 Å². The summed E-state index contributed by atoms with van der Waals surface area (Å²) in [4.78, 5) is 28.6. The maximum Gasteiger partial charge on any atom is 0.242 e. The van der Waals surface area contributed by atoms with Gasteiger partial charge in [0.2, 0.25) is 11.8 Å². The fraction of sp³-hybridized carbons (Fsp3) is 0.391. The van der Waals surface area contributed by atoms with Gasteiger partial charge in [0.1, 0.15) is 6.04 Å². The van der Waals surface area contributed by atoms with Crippen LogP contribution in [-0.4, -0.2) is 35.1 Å². The molecule has 1 N–H and O–H groups in total. The van der Waals surface area contributed by atoms with Crippen LogP contribution in [0.15, 0.2) is 53.4 Å². The zero-order chi connectivity index (χ0) is 21.2. The number of rotatable bonds is 10. The molecule has 0 bridgehead atoms. The minimum atomic E-state index is -0.524. The van der Waals surface area contributed by atoms with E-state index in [1.54, 1.807) is 11.0 Å². The highest BCUT2D eigenvalue weighted by Crippen LogP contribution is 2.23. The number of hydrogen-bond acceptors (Lipinski definition) is 3. The molecule has 0 unspecified atom stereocenters. The molecule has 0 radical (unpaired) electrons. The van der Waals surface area contributed by atoms with Crippen molar-refractivity contribution in [3.8, 4) is 0 Å². The number of aryl methyl sites for hydroxylation is 1. The summed E-state index contributed by atoms with van der Waals surface area (Å²) < 4.78 is 0. The van der Waals surface area contributed by atoms with Crippen LogP contribution in [0, 0.1) is 6.92 Å². The predicted molar refractivity (Wildman–Crippen MR) is 121 cm³/mol. The highest BCUT2D eigenvalue weighted by atomic mass is 35.5. The van der Waals surface area contributed by atoms with Gasteiger partial charge in [-0.3, -0.25) is 9.59 Å². The van der Waals surface area contributed by atoms with E-state index in [1.807, 2.05) is 63.2 Å². The quantitative estimate of drug-likeness (QED) is 0.533. The fourth-order valence-electron chi connectivity index (χ4n) is 2.96. The second-order valence-corrected chi connectivity index (χ2v) is 8.39. The van der Waals surface area contributed by atoms with Crippen LogP contribution in [0.1, 0.15) is 37.8 Å². The van der Waals surface area contributed by atoms with Crippen LogP contribution in [0.3, 0.4) is 0 Å². The Bertz CT molecular complexity index is 811. The molecule has 0 aliphatic carbocycles. The van der Waals surface area contributed by atoms with Crippen LogP contribution in [0.25, 0.3) is 0 Å². The van der Waals surface area contributed by atoms with Gasteiger partial charge in [-0.05, 0) is 43.5 Å². The third-order valence-electron chi connectivity index (χ3n) is 4.62. The van der Waals surface area contributed by atoms with Crippen molar-refractivity contribution < 1.29 is 9.59 Å². The Labute approximate surface area is 183 Å². The summed E-state index contributed by atoms with van der Waals surface area (Å²) in [6, 6.07) is 15.0. The average molecular weight is 433 g/mol. The molecule has 0 saturated heterocycles. The van der Waals surface area contributed by atoms with Crippen molar-refractivity contribution in [3.63, 3.8) is 0 Å². The van der Waals surface area contributed by atoms with Crippen molar-refractivity contribution in [2.24, 2.45) is 0 Å². The smallest absolute Gasteiger partial charge is 0.242 e. The lowest BCUT2D eigenvalue weighted by Gasteiger charge is -2.31. The largest absolute Gasteiger partial charge is 0.354 e. The lowest BCUT2D eigenvalue weighted by Crippen LogP contribution is -2.49. The second-order valence-electron chi connectivity index (χ2n) is 6.93. The van der Waals surface area contributed by atoms with E-state index >= 15 is 0 Å². The van der Waals surface area contributed by atoms with Gasteiger partial charge in [-0.25, -0.2) is 0 Å². The summed E-state index contributed by atoms with van der Waals surface area (Å²) in [6.45, 7) is 6.88. The van der Waals surface area contributed by atoms with Crippen molar-refractivity contribution in [1.29, 1.82) is 0 Å². The van der Waals surface area contributed by atoms with E-state index in [4.69, 9.17) is 11.6 Å². The first-order chi connectivity index (χ1) is 14.0. The molecular weight excluding hydrogens is 404 g/mol. The van der Waals surface area contributed by atoms with E-state index in [2.05, 4.69) is 5.32 Å². The van der Waals surface area contributed by atoms with Gasteiger partial charge >= 0.3 is 0 Å². The monoisotopic (exact) mass is 432 g/mol. The van der Waals surface area contributed by atoms with Crippen LogP contribution >= 0.6 is 23.4 Å². The number of carbonyl (C=O) groups is 2. The molecule has 0 fully saturated rings. The van der Waals surface area contributed by atoms with Crippen molar-refractivity contribution in [3.05, 3.63) is 64.7 Å². The van der Waals surface area contributed by atoms with Crippen LogP contribution < -0.4 is 5.32 Å². The van der Waals surface area contributed by atoms with E-state index < -0.39 is 6.04 Å². The third kappa shape index (κ3) is 7.09. The maximum atomic E-state index is 13.2. The molecule has 2 rings (SSSR count). The summed E-state index contributed by atoms with van der Waals surface area (Å²) >= 11 is 7.81. The number of carbonyl (C=O) groups excluding carboxylic acids is 2. The normalized spacial score (nSPS) is 11.7. The molecule has 156 valence electrons. The Morgan fingerprint density at radius 2 is 1.79 bits per heavy atom. The van der Waals surface area contributed by atoms with Gasteiger partial charge in [-0.15, -0.1) is 11.8 Å². The van der Waals surface area contributed by atoms with Gasteiger partial charge in [-0.1, -0.05) is 61.3 Å². The van der Waals surface area contributed by atoms with E-state index in [1.165, 1.54) is 17.3 Å². The Morgan fingerprint density at radius 3 is 2.41 bits per heavy atom. The van der Waals surface area contributed by atoms with E-state index in [-0.39, 0.29) is 17.6 Å². The molecular formula is C23H29ClN2O2S. The molecule has 2 aromatic carbocycles.